The molecule has 0 heterocycles. The van der Waals surface area contributed by atoms with Crippen molar-refractivity contribution in [3.63, 3.8) is 0 Å². The van der Waals surface area contributed by atoms with E-state index in [1.807, 2.05) is 0 Å². The van der Waals surface area contributed by atoms with Gasteiger partial charge in [0.15, 0.2) is 0 Å². The number of carbonyl (C=O) groups is 3. The van der Waals surface area contributed by atoms with Gasteiger partial charge in [-0.25, -0.2) is 0 Å². The smallest absolute Gasteiger partial charge is 0.232 e. The van der Waals surface area contributed by atoms with Crippen LogP contribution >= 0.6 is 0 Å². The van der Waals surface area contributed by atoms with E-state index in [1.54, 1.807) is 21.0 Å². The molecule has 0 aromatic heterocycles. The molecule has 1 amide bonds. The molecule has 0 saturated carbocycles. The zero-order chi connectivity index (χ0) is 11.1. The molecule has 0 saturated heterocycles. The molecular formula is C10H17NO3. The number of ketones is 1. The molecule has 4 heteroatoms. The Morgan fingerprint density at radius 1 is 1.36 bits per heavy atom. The van der Waals surface area contributed by atoms with Crippen LogP contribution in [0.15, 0.2) is 0 Å². The highest BCUT2D eigenvalue weighted by Crippen LogP contribution is 2.11. The first-order chi connectivity index (χ1) is 6.54. The van der Waals surface area contributed by atoms with Crippen molar-refractivity contribution in [3.8, 4) is 0 Å². The van der Waals surface area contributed by atoms with Crippen LogP contribution in [0.4, 0.5) is 0 Å². The molecule has 0 spiro atoms. The lowest BCUT2D eigenvalue weighted by Gasteiger charge is -2.18. The van der Waals surface area contributed by atoms with Gasteiger partial charge >= 0.3 is 0 Å². The Kier molecular flexibility index (Phi) is 5.76. The summed E-state index contributed by atoms with van der Waals surface area (Å²) in [6.45, 7) is 1.72. The molecule has 0 radical (unpaired) electrons. The van der Waals surface area contributed by atoms with E-state index in [4.69, 9.17) is 0 Å². The fourth-order valence-corrected chi connectivity index (χ4v) is 1.21. The number of amides is 1. The maximum atomic E-state index is 11.5. The minimum absolute atomic E-state index is 0.0921. The number of hydrogen-bond donors (Lipinski definition) is 0. The topological polar surface area (TPSA) is 54.5 Å². The highest BCUT2D eigenvalue weighted by molar-refractivity contribution is 6.01. The van der Waals surface area contributed by atoms with E-state index in [1.165, 1.54) is 4.90 Å². The Hall–Kier alpha value is -1.19. The van der Waals surface area contributed by atoms with Crippen molar-refractivity contribution in [3.05, 3.63) is 0 Å². The molecule has 0 aromatic carbocycles. The first-order valence-corrected chi connectivity index (χ1v) is 4.72. The van der Waals surface area contributed by atoms with Gasteiger partial charge in [0, 0.05) is 26.9 Å². The SMILES string of the molecule is CCC(=O)[C@@H](CCC=O)C(=O)N(C)C. The van der Waals surface area contributed by atoms with Crippen molar-refractivity contribution >= 4 is 18.0 Å². The van der Waals surface area contributed by atoms with Crippen molar-refractivity contribution in [2.45, 2.75) is 26.2 Å². The summed E-state index contributed by atoms with van der Waals surface area (Å²) in [4.78, 5) is 34.5. The number of aldehydes is 1. The highest BCUT2D eigenvalue weighted by Gasteiger charge is 2.25. The van der Waals surface area contributed by atoms with E-state index in [-0.39, 0.29) is 18.1 Å². The number of rotatable bonds is 6. The van der Waals surface area contributed by atoms with Gasteiger partial charge in [-0.3, -0.25) is 9.59 Å². The fourth-order valence-electron chi connectivity index (χ4n) is 1.21. The van der Waals surface area contributed by atoms with Crippen LogP contribution < -0.4 is 0 Å². The van der Waals surface area contributed by atoms with E-state index in [9.17, 15) is 14.4 Å². The maximum Gasteiger partial charge on any atom is 0.232 e. The summed E-state index contributed by atoms with van der Waals surface area (Å²) < 4.78 is 0. The largest absolute Gasteiger partial charge is 0.348 e. The second-order valence-corrected chi connectivity index (χ2v) is 3.35. The highest BCUT2D eigenvalue weighted by atomic mass is 16.2. The molecule has 0 bridgehead atoms. The number of hydrogen-bond acceptors (Lipinski definition) is 3. The third-order valence-corrected chi connectivity index (χ3v) is 2.05. The summed E-state index contributed by atoms with van der Waals surface area (Å²) in [6, 6.07) is 0. The third-order valence-electron chi connectivity index (χ3n) is 2.05. The Morgan fingerprint density at radius 3 is 2.29 bits per heavy atom. The molecule has 0 fully saturated rings. The summed E-state index contributed by atoms with van der Waals surface area (Å²) in [5, 5.41) is 0. The predicted octanol–water partition coefficient (Wildman–Crippen LogP) is 0.649. The molecule has 0 aliphatic heterocycles. The third kappa shape index (κ3) is 3.68. The van der Waals surface area contributed by atoms with E-state index in [0.717, 1.165) is 6.29 Å². The van der Waals surface area contributed by atoms with Crippen LogP contribution in [0.2, 0.25) is 0 Å². The van der Waals surface area contributed by atoms with Gasteiger partial charge in [0.2, 0.25) is 5.91 Å². The van der Waals surface area contributed by atoms with Crippen LogP contribution in [0.5, 0.6) is 0 Å². The molecule has 0 N–H and O–H groups in total. The fraction of sp³-hybridized carbons (Fsp3) is 0.700. The van der Waals surface area contributed by atoms with Crippen molar-refractivity contribution in [2.75, 3.05) is 14.1 Å². The Bertz CT molecular complexity index is 223. The van der Waals surface area contributed by atoms with Gasteiger partial charge in [-0.1, -0.05) is 6.92 Å². The Balaban J connectivity index is 4.45. The second kappa shape index (κ2) is 6.29. The van der Waals surface area contributed by atoms with Crippen molar-refractivity contribution in [2.24, 2.45) is 5.92 Å². The van der Waals surface area contributed by atoms with Gasteiger partial charge in [-0.15, -0.1) is 0 Å². The van der Waals surface area contributed by atoms with Crippen molar-refractivity contribution in [1.82, 2.24) is 4.90 Å². The van der Waals surface area contributed by atoms with E-state index < -0.39 is 5.92 Å². The second-order valence-electron chi connectivity index (χ2n) is 3.35. The summed E-state index contributed by atoms with van der Waals surface area (Å²) in [7, 11) is 3.22. The molecule has 0 aliphatic rings. The first kappa shape index (κ1) is 12.8. The summed E-state index contributed by atoms with van der Waals surface area (Å²) in [6.07, 6.45) is 1.66. The molecule has 0 aliphatic carbocycles. The van der Waals surface area contributed by atoms with E-state index >= 15 is 0 Å². The standard InChI is InChI=1S/C10H17NO3/c1-4-9(13)8(6-5-7-12)10(14)11(2)3/h7-8H,4-6H2,1-3H3/t8-/m1/s1. The minimum atomic E-state index is -0.639. The summed E-state index contributed by atoms with van der Waals surface area (Å²) >= 11 is 0. The zero-order valence-electron chi connectivity index (χ0n) is 8.95. The van der Waals surface area contributed by atoms with Gasteiger partial charge in [0.25, 0.3) is 0 Å². The molecule has 14 heavy (non-hydrogen) atoms. The maximum absolute atomic E-state index is 11.5. The first-order valence-electron chi connectivity index (χ1n) is 4.72. The van der Waals surface area contributed by atoms with Gasteiger partial charge < -0.3 is 9.69 Å². The van der Waals surface area contributed by atoms with E-state index in [0.29, 0.717) is 12.8 Å². The molecule has 4 nitrogen and oxygen atoms in total. The molecule has 0 aromatic rings. The lowest BCUT2D eigenvalue weighted by molar-refractivity contribution is -0.139. The van der Waals surface area contributed by atoms with E-state index in [2.05, 4.69) is 0 Å². The zero-order valence-corrected chi connectivity index (χ0v) is 8.95. The summed E-state index contributed by atoms with van der Waals surface area (Å²) in [5.74, 6) is -0.940. The van der Waals surface area contributed by atoms with Gasteiger partial charge in [0.05, 0.1) is 5.92 Å². The quantitative estimate of drug-likeness (QED) is 0.466. The van der Waals surface area contributed by atoms with Gasteiger partial charge in [-0.05, 0) is 6.42 Å². The molecule has 80 valence electrons. The van der Waals surface area contributed by atoms with Gasteiger partial charge in [0.1, 0.15) is 12.1 Å². The van der Waals surface area contributed by atoms with Crippen molar-refractivity contribution < 1.29 is 14.4 Å². The van der Waals surface area contributed by atoms with Crippen LogP contribution in [0.1, 0.15) is 26.2 Å². The van der Waals surface area contributed by atoms with Crippen LogP contribution in [0.25, 0.3) is 0 Å². The average Bonchev–Trinajstić information content (AvgIpc) is 2.17. The Morgan fingerprint density at radius 2 is 1.93 bits per heavy atom. The van der Waals surface area contributed by atoms with Crippen LogP contribution in [-0.4, -0.2) is 37.0 Å². The molecule has 1 atom stereocenters. The number of carbonyl (C=O) groups excluding carboxylic acids is 3. The Labute approximate surface area is 84.3 Å². The number of Topliss-reactive ketones (excluding diaryl/α,β-unsaturated/α-hetero) is 1. The average molecular weight is 199 g/mol. The lowest BCUT2D eigenvalue weighted by Crippen LogP contribution is -2.34. The van der Waals surface area contributed by atoms with Crippen LogP contribution in [0.3, 0.4) is 0 Å². The normalized spacial score (nSPS) is 11.9. The minimum Gasteiger partial charge on any atom is -0.348 e. The monoisotopic (exact) mass is 199 g/mol. The van der Waals surface area contributed by atoms with Crippen LogP contribution in [-0.2, 0) is 14.4 Å². The van der Waals surface area contributed by atoms with Crippen LogP contribution in [0, 0.1) is 5.92 Å². The molecule has 0 unspecified atom stereocenters. The predicted molar refractivity (Wildman–Crippen MR) is 52.8 cm³/mol. The number of nitrogens with zero attached hydrogens (tertiary/aromatic N) is 1. The van der Waals surface area contributed by atoms with Gasteiger partial charge in [-0.2, -0.15) is 0 Å². The molecule has 0 rings (SSSR count). The lowest BCUT2D eigenvalue weighted by atomic mass is 9.95. The summed E-state index contributed by atoms with van der Waals surface area (Å²) in [5.41, 5.74) is 0. The van der Waals surface area contributed by atoms with Crippen molar-refractivity contribution in [1.29, 1.82) is 0 Å². The molecular weight excluding hydrogens is 182 g/mol.